The van der Waals surface area contributed by atoms with Crippen LogP contribution in [0, 0.1) is 0 Å². The molecule has 0 aromatic carbocycles. The first-order valence-electron chi connectivity index (χ1n) is 8.39. The van der Waals surface area contributed by atoms with E-state index in [2.05, 4.69) is 0 Å². The van der Waals surface area contributed by atoms with Gasteiger partial charge in [0.25, 0.3) is 5.91 Å². The van der Waals surface area contributed by atoms with Crippen LogP contribution in [0.2, 0.25) is 0 Å². The fraction of sp³-hybridized carbons (Fsp3) is 0.875. The summed E-state index contributed by atoms with van der Waals surface area (Å²) in [6.07, 6.45) is 7.34. The van der Waals surface area contributed by atoms with Crippen molar-refractivity contribution in [2.45, 2.75) is 56.6 Å². The van der Waals surface area contributed by atoms with Gasteiger partial charge in [-0.1, -0.05) is 19.3 Å². The second-order valence-electron chi connectivity index (χ2n) is 6.70. The number of methoxy groups -OCH3 is 1. The van der Waals surface area contributed by atoms with E-state index in [-0.39, 0.29) is 30.1 Å². The molecule has 0 aromatic heterocycles. The lowest BCUT2D eigenvalue weighted by Crippen LogP contribution is -2.51. The van der Waals surface area contributed by atoms with Crippen molar-refractivity contribution in [3.8, 4) is 0 Å². The molecule has 1 spiro atoms. The van der Waals surface area contributed by atoms with E-state index in [9.17, 15) is 9.59 Å². The van der Waals surface area contributed by atoms with Gasteiger partial charge >= 0.3 is 6.03 Å². The summed E-state index contributed by atoms with van der Waals surface area (Å²) >= 11 is 0. The Morgan fingerprint density at radius 1 is 1.27 bits per heavy atom. The van der Waals surface area contributed by atoms with Crippen LogP contribution in [-0.2, 0) is 14.3 Å². The molecule has 0 aromatic rings. The number of amides is 3. The quantitative estimate of drug-likeness (QED) is 0.743. The molecular formula is C16H26N2O4. The van der Waals surface area contributed by atoms with Crippen LogP contribution in [0.4, 0.5) is 4.79 Å². The summed E-state index contributed by atoms with van der Waals surface area (Å²) in [5.41, 5.74) is -0.0956. The number of hydrogen-bond donors (Lipinski definition) is 0. The normalized spacial score (nSPS) is 28.7. The molecule has 1 unspecified atom stereocenters. The lowest BCUT2D eigenvalue weighted by Gasteiger charge is -2.45. The highest BCUT2D eigenvalue weighted by Crippen LogP contribution is 2.40. The second-order valence-corrected chi connectivity index (χ2v) is 6.70. The van der Waals surface area contributed by atoms with Crippen molar-refractivity contribution in [3.63, 3.8) is 0 Å². The zero-order valence-electron chi connectivity index (χ0n) is 13.4. The lowest BCUT2D eigenvalue weighted by molar-refractivity contribution is -0.138. The van der Waals surface area contributed by atoms with E-state index in [1.54, 1.807) is 12.0 Å². The zero-order valence-corrected chi connectivity index (χ0v) is 13.4. The van der Waals surface area contributed by atoms with Crippen LogP contribution >= 0.6 is 0 Å². The second kappa shape index (κ2) is 6.54. The Balaban J connectivity index is 1.67. The van der Waals surface area contributed by atoms with Gasteiger partial charge in [0.2, 0.25) is 0 Å². The fourth-order valence-corrected chi connectivity index (χ4v) is 4.07. The highest BCUT2D eigenvalue weighted by atomic mass is 16.5. The Hall–Kier alpha value is -1.14. The Bertz CT molecular complexity index is 428. The van der Waals surface area contributed by atoms with Crippen LogP contribution < -0.4 is 0 Å². The zero-order chi connectivity index (χ0) is 15.6. The predicted octanol–water partition coefficient (Wildman–Crippen LogP) is 1.78. The van der Waals surface area contributed by atoms with Crippen LogP contribution in [0.5, 0.6) is 0 Å². The van der Waals surface area contributed by atoms with E-state index in [0.29, 0.717) is 19.8 Å². The molecule has 6 heteroatoms. The summed E-state index contributed by atoms with van der Waals surface area (Å²) in [6, 6.07) is -0.153. The van der Waals surface area contributed by atoms with Gasteiger partial charge in [-0.05, 0) is 25.7 Å². The summed E-state index contributed by atoms with van der Waals surface area (Å²) in [7, 11) is 1.60. The van der Waals surface area contributed by atoms with Crippen LogP contribution in [0.1, 0.15) is 44.9 Å². The third kappa shape index (κ3) is 2.99. The molecule has 1 atom stereocenters. The number of nitrogens with zero attached hydrogens (tertiary/aromatic N) is 2. The van der Waals surface area contributed by atoms with Gasteiger partial charge in [-0.3, -0.25) is 9.69 Å². The summed E-state index contributed by atoms with van der Waals surface area (Å²) in [4.78, 5) is 27.9. The minimum Gasteiger partial charge on any atom is -0.383 e. The molecular weight excluding hydrogens is 284 g/mol. The first-order chi connectivity index (χ1) is 10.7. The number of carbonyl (C=O) groups is 2. The first kappa shape index (κ1) is 15.7. The summed E-state index contributed by atoms with van der Waals surface area (Å²) in [5.74, 6) is -0.0704. The van der Waals surface area contributed by atoms with Gasteiger partial charge in [0, 0.05) is 26.3 Å². The maximum atomic E-state index is 12.5. The van der Waals surface area contributed by atoms with E-state index < -0.39 is 0 Å². The topological polar surface area (TPSA) is 59.1 Å². The van der Waals surface area contributed by atoms with Crippen LogP contribution in [0.3, 0.4) is 0 Å². The maximum absolute atomic E-state index is 12.5. The van der Waals surface area contributed by atoms with Gasteiger partial charge in [-0.25, -0.2) is 4.79 Å². The van der Waals surface area contributed by atoms with Crippen molar-refractivity contribution in [2.24, 2.45) is 0 Å². The van der Waals surface area contributed by atoms with Crippen LogP contribution in [0.15, 0.2) is 0 Å². The average molecular weight is 310 g/mol. The third-order valence-electron chi connectivity index (χ3n) is 5.23. The number of carbonyl (C=O) groups excluding carboxylic acids is 2. The van der Waals surface area contributed by atoms with Crippen molar-refractivity contribution >= 4 is 11.9 Å². The first-order valence-corrected chi connectivity index (χ1v) is 8.39. The van der Waals surface area contributed by atoms with E-state index in [0.717, 1.165) is 25.7 Å². The number of ether oxygens (including phenoxy) is 2. The standard InChI is InChI=1S/C16H26N2O4/c1-21-10-8-17-12-14(19)18(15(17)20)13-5-9-22-16(11-13)6-3-2-4-7-16/h13H,2-12H2,1H3. The molecule has 0 bridgehead atoms. The van der Waals surface area contributed by atoms with Crippen molar-refractivity contribution in [1.82, 2.24) is 9.80 Å². The van der Waals surface area contributed by atoms with Crippen molar-refractivity contribution in [2.75, 3.05) is 33.4 Å². The number of urea groups is 1. The summed E-state index contributed by atoms with van der Waals surface area (Å²) in [6.45, 7) is 1.78. The minimum absolute atomic E-state index is 0.000560. The van der Waals surface area contributed by atoms with Crippen molar-refractivity contribution in [1.29, 1.82) is 0 Å². The molecule has 22 heavy (non-hydrogen) atoms. The third-order valence-corrected chi connectivity index (χ3v) is 5.23. The van der Waals surface area contributed by atoms with Gasteiger partial charge in [0.1, 0.15) is 6.54 Å². The van der Waals surface area contributed by atoms with Gasteiger partial charge in [-0.2, -0.15) is 0 Å². The van der Waals surface area contributed by atoms with E-state index in [4.69, 9.17) is 9.47 Å². The average Bonchev–Trinajstić information content (AvgIpc) is 2.80. The minimum atomic E-state index is -0.153. The molecule has 3 amide bonds. The smallest absolute Gasteiger partial charge is 0.327 e. The lowest BCUT2D eigenvalue weighted by atomic mass is 9.78. The molecule has 2 saturated heterocycles. The number of hydrogen-bond acceptors (Lipinski definition) is 4. The molecule has 0 N–H and O–H groups in total. The largest absolute Gasteiger partial charge is 0.383 e. The molecule has 124 valence electrons. The van der Waals surface area contributed by atoms with Gasteiger partial charge in [-0.15, -0.1) is 0 Å². The molecule has 0 radical (unpaired) electrons. The van der Waals surface area contributed by atoms with Gasteiger partial charge in [0.05, 0.1) is 12.2 Å². The molecule has 2 heterocycles. The highest BCUT2D eigenvalue weighted by molar-refractivity contribution is 6.02. The molecule has 3 aliphatic rings. The fourth-order valence-electron chi connectivity index (χ4n) is 4.07. The molecule has 2 aliphatic heterocycles. The Kier molecular flexibility index (Phi) is 4.68. The highest BCUT2D eigenvalue weighted by Gasteiger charge is 2.46. The van der Waals surface area contributed by atoms with Gasteiger partial charge in [0.15, 0.2) is 0 Å². The molecule has 6 nitrogen and oxygen atoms in total. The van der Waals surface area contributed by atoms with Crippen molar-refractivity contribution in [3.05, 3.63) is 0 Å². The predicted molar refractivity (Wildman–Crippen MR) is 80.5 cm³/mol. The maximum Gasteiger partial charge on any atom is 0.327 e. The summed E-state index contributed by atoms with van der Waals surface area (Å²) < 4.78 is 11.1. The molecule has 1 aliphatic carbocycles. The van der Waals surface area contributed by atoms with E-state index in [1.165, 1.54) is 24.2 Å². The molecule has 3 rings (SSSR count). The molecule has 1 saturated carbocycles. The van der Waals surface area contributed by atoms with Crippen LogP contribution in [0.25, 0.3) is 0 Å². The van der Waals surface area contributed by atoms with E-state index in [1.807, 2.05) is 0 Å². The number of rotatable bonds is 4. The Morgan fingerprint density at radius 2 is 2.05 bits per heavy atom. The van der Waals surface area contributed by atoms with E-state index >= 15 is 0 Å². The van der Waals surface area contributed by atoms with Crippen LogP contribution in [-0.4, -0.2) is 66.8 Å². The van der Waals surface area contributed by atoms with Crippen molar-refractivity contribution < 1.29 is 19.1 Å². The van der Waals surface area contributed by atoms with Gasteiger partial charge < -0.3 is 14.4 Å². The summed E-state index contributed by atoms with van der Waals surface area (Å²) in [5, 5.41) is 0. The SMILES string of the molecule is COCCN1CC(=O)N(C2CCOC3(CCCCC3)C2)C1=O. The molecule has 3 fully saturated rings. The Morgan fingerprint density at radius 3 is 2.77 bits per heavy atom. The monoisotopic (exact) mass is 310 g/mol. The number of imide groups is 1. The Labute approximate surface area is 131 Å².